The van der Waals surface area contributed by atoms with Gasteiger partial charge in [-0.05, 0) is 28.4 Å². The van der Waals surface area contributed by atoms with Crippen LogP contribution in [0.25, 0.3) is 22.8 Å². The first kappa shape index (κ1) is 18.6. The standard InChI is InChI=1S/C19H17N5O2.ClH/c1-13(2)17-21-18(22-26-17)23-12-20-24(19(23)25)16-10-6-9-15(11-16)14-7-4-3-5-8-14;/h3-13H,1-2H3;1H. The molecule has 4 rings (SSSR count). The highest BCUT2D eigenvalue weighted by Crippen LogP contribution is 2.21. The van der Waals surface area contributed by atoms with Gasteiger partial charge < -0.3 is 4.52 Å². The van der Waals surface area contributed by atoms with E-state index in [-0.39, 0.29) is 30.0 Å². The molecule has 2 aromatic heterocycles. The van der Waals surface area contributed by atoms with Crippen LogP contribution in [0.2, 0.25) is 0 Å². The van der Waals surface area contributed by atoms with Crippen molar-refractivity contribution in [1.82, 2.24) is 24.5 Å². The summed E-state index contributed by atoms with van der Waals surface area (Å²) in [4.78, 5) is 17.0. The van der Waals surface area contributed by atoms with Crippen LogP contribution in [-0.4, -0.2) is 24.5 Å². The molecule has 2 heterocycles. The highest BCUT2D eigenvalue weighted by atomic mass is 35.5. The van der Waals surface area contributed by atoms with Crippen molar-refractivity contribution in [2.24, 2.45) is 0 Å². The zero-order valence-electron chi connectivity index (χ0n) is 14.8. The third kappa shape index (κ3) is 3.54. The minimum absolute atomic E-state index is 0. The molecule has 0 amide bonds. The maximum absolute atomic E-state index is 12.7. The van der Waals surface area contributed by atoms with Gasteiger partial charge in [0.15, 0.2) is 0 Å². The molecule has 0 atom stereocenters. The van der Waals surface area contributed by atoms with Crippen molar-refractivity contribution in [3.8, 4) is 22.8 Å². The number of rotatable bonds is 4. The molecule has 138 valence electrons. The molecule has 0 aliphatic carbocycles. The lowest BCUT2D eigenvalue weighted by molar-refractivity contribution is 0.363. The molecule has 27 heavy (non-hydrogen) atoms. The molecule has 4 aromatic rings. The summed E-state index contributed by atoms with van der Waals surface area (Å²) in [6, 6.07) is 17.6. The highest BCUT2D eigenvalue weighted by molar-refractivity contribution is 5.85. The maximum atomic E-state index is 12.7. The second-order valence-corrected chi connectivity index (χ2v) is 6.20. The molecular formula is C19H18ClN5O2. The van der Waals surface area contributed by atoms with Crippen LogP contribution < -0.4 is 5.69 Å². The average molecular weight is 384 g/mol. The number of halogens is 1. The van der Waals surface area contributed by atoms with E-state index in [1.165, 1.54) is 15.6 Å². The van der Waals surface area contributed by atoms with Gasteiger partial charge in [0, 0.05) is 5.92 Å². The van der Waals surface area contributed by atoms with Gasteiger partial charge in [-0.1, -0.05) is 56.3 Å². The molecular weight excluding hydrogens is 366 g/mol. The lowest BCUT2D eigenvalue weighted by Gasteiger charge is -2.04. The Hall–Kier alpha value is -3.19. The molecule has 0 radical (unpaired) electrons. The van der Waals surface area contributed by atoms with Crippen molar-refractivity contribution >= 4 is 12.4 Å². The van der Waals surface area contributed by atoms with Gasteiger partial charge in [-0.2, -0.15) is 14.8 Å². The molecule has 0 aliphatic heterocycles. The summed E-state index contributed by atoms with van der Waals surface area (Å²) in [5.74, 6) is 0.749. The van der Waals surface area contributed by atoms with Crippen molar-refractivity contribution < 1.29 is 4.52 Å². The molecule has 0 saturated heterocycles. The second kappa shape index (κ2) is 7.59. The summed E-state index contributed by atoms with van der Waals surface area (Å²) >= 11 is 0. The summed E-state index contributed by atoms with van der Waals surface area (Å²) in [6.07, 6.45) is 1.40. The SMILES string of the molecule is CC(C)c1nc(-n2cnn(-c3cccc(-c4ccccc4)c3)c2=O)no1.Cl. The van der Waals surface area contributed by atoms with Gasteiger partial charge in [-0.25, -0.2) is 9.36 Å². The molecule has 0 spiro atoms. The Morgan fingerprint density at radius 3 is 2.44 bits per heavy atom. The Morgan fingerprint density at radius 2 is 1.74 bits per heavy atom. The fraction of sp³-hybridized carbons (Fsp3) is 0.158. The molecule has 0 saturated carbocycles. The van der Waals surface area contributed by atoms with Crippen LogP contribution in [0.1, 0.15) is 25.7 Å². The van der Waals surface area contributed by atoms with E-state index in [2.05, 4.69) is 15.2 Å². The molecule has 0 bridgehead atoms. The molecule has 0 fully saturated rings. The predicted octanol–water partition coefficient (Wildman–Crippen LogP) is 3.62. The lowest BCUT2D eigenvalue weighted by atomic mass is 10.1. The molecule has 0 unspecified atom stereocenters. The van der Waals surface area contributed by atoms with E-state index >= 15 is 0 Å². The van der Waals surface area contributed by atoms with Crippen molar-refractivity contribution in [3.05, 3.63) is 77.3 Å². The van der Waals surface area contributed by atoms with E-state index < -0.39 is 0 Å². The minimum Gasteiger partial charge on any atom is -0.337 e. The molecule has 2 aromatic carbocycles. The van der Waals surface area contributed by atoms with Gasteiger partial charge in [0.05, 0.1) is 5.69 Å². The molecule has 8 heteroatoms. The Bertz CT molecular complexity index is 1100. The average Bonchev–Trinajstić information content (AvgIpc) is 3.29. The largest absolute Gasteiger partial charge is 0.357 e. The van der Waals surface area contributed by atoms with Crippen molar-refractivity contribution in [1.29, 1.82) is 0 Å². The van der Waals surface area contributed by atoms with Crippen LogP contribution in [0, 0.1) is 0 Å². The molecule has 0 aliphatic rings. The second-order valence-electron chi connectivity index (χ2n) is 6.20. The number of hydrogen-bond acceptors (Lipinski definition) is 5. The predicted molar refractivity (Wildman–Crippen MR) is 104 cm³/mol. The summed E-state index contributed by atoms with van der Waals surface area (Å²) in [6.45, 7) is 3.89. The first-order valence-electron chi connectivity index (χ1n) is 8.30. The maximum Gasteiger partial charge on any atom is 0.357 e. The van der Waals surface area contributed by atoms with Gasteiger partial charge in [-0.3, -0.25) is 0 Å². The van der Waals surface area contributed by atoms with Gasteiger partial charge in [-0.15, -0.1) is 12.4 Å². The van der Waals surface area contributed by atoms with Crippen LogP contribution >= 0.6 is 12.4 Å². The first-order valence-corrected chi connectivity index (χ1v) is 8.30. The number of hydrogen-bond donors (Lipinski definition) is 0. The topological polar surface area (TPSA) is 78.7 Å². The van der Waals surface area contributed by atoms with Crippen molar-refractivity contribution in [2.45, 2.75) is 19.8 Å². The summed E-state index contributed by atoms with van der Waals surface area (Å²) < 4.78 is 7.76. The normalized spacial score (nSPS) is 10.8. The lowest BCUT2D eigenvalue weighted by Crippen LogP contribution is -2.23. The fourth-order valence-corrected chi connectivity index (χ4v) is 2.63. The van der Waals surface area contributed by atoms with Crippen LogP contribution in [0.15, 0.2) is 70.2 Å². The highest BCUT2D eigenvalue weighted by Gasteiger charge is 2.16. The van der Waals surface area contributed by atoms with Crippen LogP contribution in [0.4, 0.5) is 0 Å². The number of benzene rings is 2. The summed E-state index contributed by atoms with van der Waals surface area (Å²) in [5.41, 5.74) is 2.39. The van der Waals surface area contributed by atoms with Gasteiger partial charge in [0.2, 0.25) is 5.89 Å². The minimum atomic E-state index is -0.355. The van der Waals surface area contributed by atoms with E-state index in [9.17, 15) is 4.79 Å². The van der Waals surface area contributed by atoms with E-state index in [4.69, 9.17) is 4.52 Å². The summed E-state index contributed by atoms with van der Waals surface area (Å²) in [5, 5.41) is 8.06. The third-order valence-corrected chi connectivity index (χ3v) is 4.01. The monoisotopic (exact) mass is 383 g/mol. The smallest absolute Gasteiger partial charge is 0.337 e. The third-order valence-electron chi connectivity index (χ3n) is 4.01. The van der Waals surface area contributed by atoms with Crippen molar-refractivity contribution in [3.63, 3.8) is 0 Å². The van der Waals surface area contributed by atoms with Crippen molar-refractivity contribution in [2.75, 3.05) is 0 Å². The Morgan fingerprint density at radius 1 is 1.00 bits per heavy atom. The van der Waals surface area contributed by atoms with Crippen LogP contribution in [0.5, 0.6) is 0 Å². The Balaban J connectivity index is 0.00000210. The number of nitrogens with zero attached hydrogens (tertiary/aromatic N) is 5. The molecule has 0 N–H and O–H groups in total. The summed E-state index contributed by atoms with van der Waals surface area (Å²) in [7, 11) is 0. The fourth-order valence-electron chi connectivity index (χ4n) is 2.63. The van der Waals surface area contributed by atoms with Gasteiger partial charge in [0.25, 0.3) is 5.95 Å². The van der Waals surface area contributed by atoms with Crippen LogP contribution in [-0.2, 0) is 0 Å². The molecule has 7 nitrogen and oxygen atoms in total. The van der Waals surface area contributed by atoms with E-state index in [1.54, 1.807) is 0 Å². The zero-order valence-corrected chi connectivity index (χ0v) is 15.6. The quantitative estimate of drug-likeness (QED) is 0.537. The number of aromatic nitrogens is 5. The van der Waals surface area contributed by atoms with Gasteiger partial charge >= 0.3 is 5.69 Å². The zero-order chi connectivity index (χ0) is 18.1. The Labute approximate surface area is 161 Å². The van der Waals surface area contributed by atoms with E-state index in [1.807, 2.05) is 68.4 Å². The first-order chi connectivity index (χ1) is 12.6. The Kier molecular flexibility index (Phi) is 5.23. The van der Waals surface area contributed by atoms with E-state index in [0.29, 0.717) is 11.6 Å². The van der Waals surface area contributed by atoms with Crippen LogP contribution in [0.3, 0.4) is 0 Å². The van der Waals surface area contributed by atoms with E-state index in [0.717, 1.165) is 11.1 Å². The van der Waals surface area contributed by atoms with Gasteiger partial charge in [0.1, 0.15) is 6.33 Å².